The van der Waals surface area contributed by atoms with Crippen LogP contribution in [0.2, 0.25) is 0 Å². The van der Waals surface area contributed by atoms with E-state index < -0.39 is 5.91 Å². The number of nitrogens with zero attached hydrogens (tertiary/aromatic N) is 1. The number of aromatic nitrogens is 1. The summed E-state index contributed by atoms with van der Waals surface area (Å²) >= 11 is 0. The largest absolute Gasteiger partial charge is 0.380 e. The van der Waals surface area contributed by atoms with Crippen molar-refractivity contribution in [3.63, 3.8) is 0 Å². The summed E-state index contributed by atoms with van der Waals surface area (Å²) in [5.41, 5.74) is 2.67. The van der Waals surface area contributed by atoms with Gasteiger partial charge < -0.3 is 15.0 Å². The molecule has 0 unspecified atom stereocenters. The van der Waals surface area contributed by atoms with E-state index in [-0.39, 0.29) is 17.5 Å². The highest BCUT2D eigenvalue weighted by Crippen LogP contribution is 2.33. The van der Waals surface area contributed by atoms with Crippen LogP contribution in [-0.4, -0.2) is 24.5 Å². The first-order valence-electron chi connectivity index (χ1n) is 8.29. The van der Waals surface area contributed by atoms with E-state index in [0.717, 1.165) is 11.1 Å². The van der Waals surface area contributed by atoms with Gasteiger partial charge in [-0.3, -0.25) is 9.59 Å². The topological polar surface area (TPSA) is 95.0 Å². The van der Waals surface area contributed by atoms with Gasteiger partial charge in [-0.1, -0.05) is 20.8 Å². The molecule has 6 nitrogen and oxygen atoms in total. The summed E-state index contributed by atoms with van der Waals surface area (Å²) in [5, 5.41) is 11.3. The normalized spacial score (nSPS) is 11.0. The number of ether oxygens (including phenoxy) is 1. The smallest absolute Gasteiger partial charge is 0.255 e. The minimum atomic E-state index is -0.400. The van der Waals surface area contributed by atoms with Crippen LogP contribution in [0.4, 0.5) is 0 Å². The zero-order valence-electron chi connectivity index (χ0n) is 15.5. The predicted molar refractivity (Wildman–Crippen MR) is 99.9 cm³/mol. The zero-order chi connectivity index (χ0) is 19.3. The molecule has 6 heteroatoms. The predicted octanol–water partition coefficient (Wildman–Crippen LogP) is 2.74. The lowest BCUT2D eigenvalue weighted by Crippen LogP contribution is -2.26. The second-order valence-corrected chi connectivity index (χ2v) is 6.99. The molecular weight excluding hydrogens is 330 g/mol. The first kappa shape index (κ1) is 19.4. The minimum Gasteiger partial charge on any atom is -0.380 e. The van der Waals surface area contributed by atoms with Gasteiger partial charge in [0.1, 0.15) is 6.54 Å². The molecule has 1 amide bonds. The lowest BCUT2D eigenvalue weighted by molar-refractivity contribution is 0.0958. The first-order chi connectivity index (χ1) is 12.3. The molecule has 2 rings (SSSR count). The number of carbonyl (C=O) groups is 1. The van der Waals surface area contributed by atoms with Crippen molar-refractivity contribution in [3.05, 3.63) is 57.5 Å². The van der Waals surface area contributed by atoms with Gasteiger partial charge >= 0.3 is 0 Å². The van der Waals surface area contributed by atoms with Gasteiger partial charge in [-0.25, -0.2) is 0 Å². The Morgan fingerprint density at radius 1 is 1.31 bits per heavy atom. The van der Waals surface area contributed by atoms with Crippen LogP contribution in [0, 0.1) is 11.3 Å². The van der Waals surface area contributed by atoms with E-state index in [1.54, 1.807) is 31.5 Å². The Labute approximate surface area is 152 Å². The molecule has 0 aliphatic carbocycles. The van der Waals surface area contributed by atoms with E-state index in [1.807, 2.05) is 12.1 Å². The molecule has 0 atom stereocenters. The van der Waals surface area contributed by atoms with Gasteiger partial charge in [0, 0.05) is 30.0 Å². The molecule has 2 aromatic rings. The van der Waals surface area contributed by atoms with Gasteiger partial charge in [0.05, 0.1) is 12.7 Å². The highest BCUT2D eigenvalue weighted by Gasteiger charge is 2.24. The standard InChI is InChI=1S/C20H23N3O3/c1-20(2,3)17-11-15(14-6-5-8-22-18(14)24)16(10-13(17)12-26-4)19(25)23-9-7-21/h5-6,8,10-11H,9,12H2,1-4H3,(H,22,24)(H,23,25). The molecule has 0 saturated heterocycles. The van der Waals surface area contributed by atoms with Crippen molar-refractivity contribution in [2.75, 3.05) is 13.7 Å². The van der Waals surface area contributed by atoms with Gasteiger partial charge in [0.15, 0.2) is 0 Å². The van der Waals surface area contributed by atoms with Crippen LogP contribution in [0.5, 0.6) is 0 Å². The highest BCUT2D eigenvalue weighted by molar-refractivity contribution is 6.01. The molecule has 1 aromatic carbocycles. The SMILES string of the molecule is COCc1cc(C(=O)NCC#N)c(-c2ccc[nH]c2=O)cc1C(C)(C)C. The summed E-state index contributed by atoms with van der Waals surface area (Å²) < 4.78 is 5.30. The third-order valence-corrected chi connectivity index (χ3v) is 4.03. The Morgan fingerprint density at radius 2 is 2.04 bits per heavy atom. The fraction of sp³-hybridized carbons (Fsp3) is 0.350. The van der Waals surface area contributed by atoms with Crippen molar-refractivity contribution in [1.82, 2.24) is 10.3 Å². The Bertz CT molecular complexity index is 902. The number of hydrogen-bond donors (Lipinski definition) is 2. The van der Waals surface area contributed by atoms with Crippen molar-refractivity contribution in [2.45, 2.75) is 32.8 Å². The molecule has 0 aliphatic rings. The average molecular weight is 353 g/mol. The fourth-order valence-corrected chi connectivity index (χ4v) is 2.88. The number of benzene rings is 1. The molecular formula is C20H23N3O3. The summed E-state index contributed by atoms with van der Waals surface area (Å²) in [6.07, 6.45) is 1.55. The number of carbonyl (C=O) groups excluding carboxylic acids is 1. The number of methoxy groups -OCH3 is 1. The second kappa shape index (κ2) is 7.98. The van der Waals surface area contributed by atoms with Gasteiger partial charge in [-0.15, -0.1) is 0 Å². The van der Waals surface area contributed by atoms with Crippen molar-refractivity contribution in [3.8, 4) is 17.2 Å². The van der Waals surface area contributed by atoms with E-state index in [0.29, 0.717) is 23.3 Å². The number of pyridine rings is 1. The molecule has 0 radical (unpaired) electrons. The third kappa shape index (κ3) is 4.19. The highest BCUT2D eigenvalue weighted by atomic mass is 16.5. The van der Waals surface area contributed by atoms with Crippen LogP contribution in [0.25, 0.3) is 11.1 Å². The van der Waals surface area contributed by atoms with Crippen molar-refractivity contribution >= 4 is 5.91 Å². The Kier molecular flexibility index (Phi) is 5.96. The quantitative estimate of drug-likeness (QED) is 0.808. The molecule has 1 heterocycles. The van der Waals surface area contributed by atoms with Crippen LogP contribution in [0.1, 0.15) is 42.3 Å². The summed E-state index contributed by atoms with van der Waals surface area (Å²) in [6, 6.07) is 8.91. The van der Waals surface area contributed by atoms with Crippen molar-refractivity contribution in [1.29, 1.82) is 5.26 Å². The lowest BCUT2D eigenvalue weighted by Gasteiger charge is -2.25. The van der Waals surface area contributed by atoms with Crippen LogP contribution in [0.3, 0.4) is 0 Å². The van der Waals surface area contributed by atoms with Gasteiger partial charge in [0.2, 0.25) is 0 Å². The van der Waals surface area contributed by atoms with Crippen molar-refractivity contribution in [2.24, 2.45) is 0 Å². The number of amides is 1. The Balaban J connectivity index is 2.77. The number of rotatable bonds is 5. The summed E-state index contributed by atoms with van der Waals surface area (Å²) in [4.78, 5) is 27.6. The molecule has 0 spiro atoms. The number of nitriles is 1. The molecule has 136 valence electrons. The third-order valence-electron chi connectivity index (χ3n) is 4.03. The molecule has 0 fully saturated rings. The second-order valence-electron chi connectivity index (χ2n) is 6.99. The molecule has 26 heavy (non-hydrogen) atoms. The van der Waals surface area contributed by atoms with E-state index in [1.165, 1.54) is 0 Å². The average Bonchev–Trinajstić information content (AvgIpc) is 2.59. The molecule has 0 saturated carbocycles. The van der Waals surface area contributed by atoms with E-state index in [4.69, 9.17) is 10.00 Å². The van der Waals surface area contributed by atoms with Crippen LogP contribution in [0.15, 0.2) is 35.3 Å². The maximum atomic E-state index is 12.6. The molecule has 1 aromatic heterocycles. The van der Waals surface area contributed by atoms with E-state index in [2.05, 4.69) is 31.1 Å². The summed E-state index contributed by atoms with van der Waals surface area (Å²) in [7, 11) is 1.59. The molecule has 0 bridgehead atoms. The van der Waals surface area contributed by atoms with Gasteiger partial charge in [0.25, 0.3) is 11.5 Å². The van der Waals surface area contributed by atoms with Crippen LogP contribution in [-0.2, 0) is 16.8 Å². The van der Waals surface area contributed by atoms with Crippen molar-refractivity contribution < 1.29 is 9.53 Å². The Hall–Kier alpha value is -2.91. The fourth-order valence-electron chi connectivity index (χ4n) is 2.88. The number of nitrogens with one attached hydrogen (secondary N) is 2. The monoisotopic (exact) mass is 353 g/mol. The van der Waals surface area contributed by atoms with Gasteiger partial charge in [-0.2, -0.15) is 5.26 Å². The number of hydrogen-bond acceptors (Lipinski definition) is 4. The molecule has 0 aliphatic heterocycles. The number of H-pyrrole nitrogens is 1. The Morgan fingerprint density at radius 3 is 2.62 bits per heavy atom. The van der Waals surface area contributed by atoms with Crippen LogP contribution >= 0.6 is 0 Å². The first-order valence-corrected chi connectivity index (χ1v) is 8.29. The zero-order valence-corrected chi connectivity index (χ0v) is 15.5. The van der Waals surface area contributed by atoms with Gasteiger partial charge in [-0.05, 0) is 40.8 Å². The van der Waals surface area contributed by atoms with Crippen LogP contribution < -0.4 is 10.9 Å². The minimum absolute atomic E-state index is 0.107. The molecule has 2 N–H and O–H groups in total. The summed E-state index contributed by atoms with van der Waals surface area (Å²) in [6.45, 7) is 6.43. The maximum Gasteiger partial charge on any atom is 0.255 e. The van der Waals surface area contributed by atoms with E-state index >= 15 is 0 Å². The number of aromatic amines is 1. The summed E-state index contributed by atoms with van der Waals surface area (Å²) in [5.74, 6) is -0.400. The maximum absolute atomic E-state index is 12.6. The van der Waals surface area contributed by atoms with E-state index in [9.17, 15) is 9.59 Å². The lowest BCUT2D eigenvalue weighted by atomic mass is 9.80.